The monoisotopic (exact) mass is 282 g/mol. The van der Waals surface area contributed by atoms with E-state index in [9.17, 15) is 4.79 Å². The highest BCUT2D eigenvalue weighted by molar-refractivity contribution is 5.68. The van der Waals surface area contributed by atoms with Crippen LogP contribution in [0.5, 0.6) is 0 Å². The molecule has 2 rings (SSSR count). The summed E-state index contributed by atoms with van der Waals surface area (Å²) < 4.78 is 5.46. The molecule has 2 fully saturated rings. The standard InChI is InChI=1S/C16H30N2O2/c1-5-16(8-9-16)12-17-13-7-6-10-18(11-13)14(19)20-15(2,3)4/h13,17H,5-12H2,1-4H3. The summed E-state index contributed by atoms with van der Waals surface area (Å²) in [7, 11) is 0. The van der Waals surface area contributed by atoms with E-state index in [-0.39, 0.29) is 6.09 Å². The molecule has 0 bridgehead atoms. The number of hydrogen-bond donors (Lipinski definition) is 1. The number of likely N-dealkylation sites (tertiary alicyclic amines) is 1. The molecule has 116 valence electrons. The van der Waals surface area contributed by atoms with Crippen LogP contribution in [-0.2, 0) is 4.74 Å². The molecule has 0 radical (unpaired) electrons. The highest BCUT2D eigenvalue weighted by Gasteiger charge is 2.40. The lowest BCUT2D eigenvalue weighted by Gasteiger charge is -2.35. The first-order valence-corrected chi connectivity index (χ1v) is 8.05. The van der Waals surface area contributed by atoms with Crippen LogP contribution >= 0.6 is 0 Å². The Morgan fingerprint density at radius 2 is 2.10 bits per heavy atom. The molecule has 4 nitrogen and oxygen atoms in total. The van der Waals surface area contributed by atoms with E-state index in [0.717, 1.165) is 26.1 Å². The zero-order valence-electron chi connectivity index (χ0n) is 13.5. The second-order valence-corrected chi connectivity index (χ2v) is 7.50. The largest absolute Gasteiger partial charge is 0.444 e. The van der Waals surface area contributed by atoms with E-state index in [1.165, 1.54) is 25.7 Å². The number of nitrogens with zero attached hydrogens (tertiary/aromatic N) is 1. The molecule has 0 aromatic heterocycles. The van der Waals surface area contributed by atoms with E-state index >= 15 is 0 Å². The van der Waals surface area contributed by atoms with Gasteiger partial charge >= 0.3 is 6.09 Å². The van der Waals surface area contributed by atoms with Gasteiger partial charge in [-0.1, -0.05) is 6.92 Å². The number of carbonyl (C=O) groups excluding carboxylic acids is 1. The van der Waals surface area contributed by atoms with Gasteiger partial charge in [-0.05, 0) is 58.3 Å². The molecule has 2 aliphatic rings. The molecule has 0 aromatic carbocycles. The molecule has 1 N–H and O–H groups in total. The highest BCUT2D eigenvalue weighted by Crippen LogP contribution is 2.48. The van der Waals surface area contributed by atoms with Crippen LogP contribution in [0.15, 0.2) is 0 Å². The van der Waals surface area contributed by atoms with Gasteiger partial charge in [0.05, 0.1) is 0 Å². The van der Waals surface area contributed by atoms with Crippen molar-refractivity contribution in [2.75, 3.05) is 19.6 Å². The number of hydrogen-bond acceptors (Lipinski definition) is 3. The quantitative estimate of drug-likeness (QED) is 0.861. The van der Waals surface area contributed by atoms with Gasteiger partial charge < -0.3 is 15.0 Å². The maximum absolute atomic E-state index is 12.1. The van der Waals surface area contributed by atoms with Crippen molar-refractivity contribution >= 4 is 6.09 Å². The molecule has 1 unspecified atom stereocenters. The summed E-state index contributed by atoms with van der Waals surface area (Å²) in [6, 6.07) is 0.431. The molecule has 1 amide bonds. The van der Waals surface area contributed by atoms with Crippen molar-refractivity contribution in [2.45, 2.75) is 71.4 Å². The third kappa shape index (κ3) is 4.37. The third-order valence-electron chi connectivity index (χ3n) is 4.55. The van der Waals surface area contributed by atoms with Gasteiger partial charge in [0.1, 0.15) is 5.60 Å². The highest BCUT2D eigenvalue weighted by atomic mass is 16.6. The molecule has 0 aromatic rings. The van der Waals surface area contributed by atoms with Crippen LogP contribution in [0, 0.1) is 5.41 Å². The second kappa shape index (κ2) is 5.92. The van der Waals surface area contributed by atoms with Gasteiger partial charge in [-0.2, -0.15) is 0 Å². The Balaban J connectivity index is 1.78. The van der Waals surface area contributed by atoms with Crippen molar-refractivity contribution in [1.29, 1.82) is 0 Å². The zero-order chi connectivity index (χ0) is 14.8. The SMILES string of the molecule is CCC1(CNC2CCCN(C(=O)OC(C)(C)C)C2)CC1. The number of amides is 1. The minimum atomic E-state index is -0.405. The predicted octanol–water partition coefficient (Wildman–Crippen LogP) is 3.17. The fourth-order valence-electron chi connectivity index (χ4n) is 2.83. The summed E-state index contributed by atoms with van der Waals surface area (Å²) >= 11 is 0. The summed E-state index contributed by atoms with van der Waals surface area (Å²) in [5, 5.41) is 3.67. The minimum Gasteiger partial charge on any atom is -0.444 e. The lowest BCUT2D eigenvalue weighted by molar-refractivity contribution is 0.0186. The van der Waals surface area contributed by atoms with Crippen LogP contribution in [0.3, 0.4) is 0 Å². The number of nitrogens with one attached hydrogen (secondary N) is 1. The molecule has 1 aliphatic heterocycles. The lowest BCUT2D eigenvalue weighted by atomic mass is 10.0. The summed E-state index contributed by atoms with van der Waals surface area (Å²) in [6.45, 7) is 10.8. The van der Waals surface area contributed by atoms with Gasteiger partial charge in [0, 0.05) is 25.7 Å². The van der Waals surface area contributed by atoms with Gasteiger partial charge in [0.15, 0.2) is 0 Å². The maximum atomic E-state index is 12.1. The van der Waals surface area contributed by atoms with E-state index < -0.39 is 5.60 Å². The molecule has 1 heterocycles. The van der Waals surface area contributed by atoms with Crippen LogP contribution in [0.2, 0.25) is 0 Å². The van der Waals surface area contributed by atoms with Crippen molar-refractivity contribution < 1.29 is 9.53 Å². The van der Waals surface area contributed by atoms with Gasteiger partial charge in [-0.3, -0.25) is 0 Å². The predicted molar refractivity (Wildman–Crippen MR) is 80.8 cm³/mol. The zero-order valence-corrected chi connectivity index (χ0v) is 13.5. The van der Waals surface area contributed by atoms with E-state index in [4.69, 9.17) is 4.74 Å². The van der Waals surface area contributed by atoms with Crippen LogP contribution in [0.4, 0.5) is 4.79 Å². The van der Waals surface area contributed by atoms with Gasteiger partial charge in [-0.15, -0.1) is 0 Å². The summed E-state index contributed by atoms with van der Waals surface area (Å²) in [5.74, 6) is 0. The van der Waals surface area contributed by atoms with Gasteiger partial charge in [0.25, 0.3) is 0 Å². The Labute approximate surface area is 123 Å². The summed E-state index contributed by atoms with van der Waals surface area (Å²) in [6.07, 6.45) is 6.05. The van der Waals surface area contributed by atoms with E-state index in [0.29, 0.717) is 11.5 Å². The molecule has 0 spiro atoms. The number of ether oxygens (including phenoxy) is 1. The molecule has 20 heavy (non-hydrogen) atoms. The Morgan fingerprint density at radius 3 is 2.65 bits per heavy atom. The lowest BCUT2D eigenvalue weighted by Crippen LogP contribution is -2.50. The van der Waals surface area contributed by atoms with E-state index in [2.05, 4.69) is 12.2 Å². The van der Waals surface area contributed by atoms with Crippen molar-refractivity contribution in [2.24, 2.45) is 5.41 Å². The fraction of sp³-hybridized carbons (Fsp3) is 0.938. The number of carbonyl (C=O) groups is 1. The molecule has 1 saturated heterocycles. The molecular formula is C16H30N2O2. The van der Waals surface area contributed by atoms with Crippen LogP contribution < -0.4 is 5.32 Å². The van der Waals surface area contributed by atoms with Crippen molar-refractivity contribution in [3.63, 3.8) is 0 Å². The van der Waals surface area contributed by atoms with Gasteiger partial charge in [-0.25, -0.2) is 4.79 Å². The second-order valence-electron chi connectivity index (χ2n) is 7.50. The van der Waals surface area contributed by atoms with Crippen LogP contribution in [0.25, 0.3) is 0 Å². The Hall–Kier alpha value is -0.770. The van der Waals surface area contributed by atoms with Crippen molar-refractivity contribution in [3.8, 4) is 0 Å². The maximum Gasteiger partial charge on any atom is 0.410 e. The normalized spacial score (nSPS) is 25.4. The first kappa shape index (κ1) is 15.6. The molecular weight excluding hydrogens is 252 g/mol. The average molecular weight is 282 g/mol. The summed E-state index contributed by atoms with van der Waals surface area (Å²) in [4.78, 5) is 14.0. The van der Waals surface area contributed by atoms with Crippen LogP contribution in [0.1, 0.15) is 59.8 Å². The Morgan fingerprint density at radius 1 is 1.40 bits per heavy atom. The molecule has 1 aliphatic carbocycles. The van der Waals surface area contributed by atoms with Crippen molar-refractivity contribution in [3.05, 3.63) is 0 Å². The Bertz CT molecular complexity index is 345. The van der Waals surface area contributed by atoms with Gasteiger partial charge in [0.2, 0.25) is 0 Å². The molecule has 1 atom stereocenters. The minimum absolute atomic E-state index is 0.166. The smallest absolute Gasteiger partial charge is 0.410 e. The fourth-order valence-corrected chi connectivity index (χ4v) is 2.83. The first-order valence-electron chi connectivity index (χ1n) is 8.05. The third-order valence-corrected chi connectivity index (χ3v) is 4.55. The average Bonchev–Trinajstić information content (AvgIpc) is 3.15. The first-order chi connectivity index (χ1) is 9.34. The van der Waals surface area contributed by atoms with Crippen molar-refractivity contribution in [1.82, 2.24) is 10.2 Å². The van der Waals surface area contributed by atoms with Crippen LogP contribution in [-0.4, -0.2) is 42.3 Å². The topological polar surface area (TPSA) is 41.6 Å². The van der Waals surface area contributed by atoms with E-state index in [1.807, 2.05) is 25.7 Å². The Kier molecular flexibility index (Phi) is 4.62. The molecule has 4 heteroatoms. The number of rotatable bonds is 4. The molecule has 1 saturated carbocycles. The summed E-state index contributed by atoms with van der Waals surface area (Å²) in [5.41, 5.74) is 0.159. The van der Waals surface area contributed by atoms with E-state index in [1.54, 1.807) is 0 Å². The number of piperidine rings is 1.